The van der Waals surface area contributed by atoms with Crippen LogP contribution in [-0.4, -0.2) is 34.0 Å². The van der Waals surface area contributed by atoms with E-state index < -0.39 is 0 Å². The predicted molar refractivity (Wildman–Crippen MR) is 117 cm³/mol. The minimum Gasteiger partial charge on any atom is -0.338 e. The van der Waals surface area contributed by atoms with Gasteiger partial charge < -0.3 is 9.84 Å². The number of hydrogen-bond donors (Lipinski definition) is 1. The molecule has 0 unspecified atom stereocenters. The molecular weight excluding hydrogens is 376 g/mol. The first-order chi connectivity index (χ1) is 14.6. The van der Waals surface area contributed by atoms with Gasteiger partial charge in [-0.15, -0.1) is 0 Å². The summed E-state index contributed by atoms with van der Waals surface area (Å²) in [4.78, 5) is 19.4. The maximum Gasteiger partial charge on any atom is 0.241 e. The third-order valence-electron chi connectivity index (χ3n) is 5.72. The number of carbonyl (C=O) groups excluding carboxylic acids is 1. The minimum atomic E-state index is 0.0397. The molecule has 1 aromatic heterocycles. The molecule has 0 bridgehead atoms. The zero-order valence-electron chi connectivity index (χ0n) is 17.6. The van der Waals surface area contributed by atoms with Gasteiger partial charge in [-0.3, -0.25) is 9.69 Å². The molecule has 6 nitrogen and oxygen atoms in total. The third kappa shape index (κ3) is 4.94. The molecule has 1 saturated heterocycles. The van der Waals surface area contributed by atoms with Crippen molar-refractivity contribution in [2.45, 2.75) is 39.7 Å². The Morgan fingerprint density at radius 2 is 1.80 bits per heavy atom. The van der Waals surface area contributed by atoms with Crippen molar-refractivity contribution in [1.29, 1.82) is 0 Å². The number of piperidine rings is 1. The van der Waals surface area contributed by atoms with Crippen LogP contribution >= 0.6 is 0 Å². The summed E-state index contributed by atoms with van der Waals surface area (Å²) in [7, 11) is 0. The van der Waals surface area contributed by atoms with Crippen LogP contribution in [0.4, 0.5) is 5.69 Å². The van der Waals surface area contributed by atoms with E-state index in [9.17, 15) is 4.79 Å². The summed E-state index contributed by atoms with van der Waals surface area (Å²) in [6.45, 7) is 6.48. The molecule has 3 aromatic rings. The van der Waals surface area contributed by atoms with Gasteiger partial charge in [0, 0.05) is 17.2 Å². The van der Waals surface area contributed by atoms with Gasteiger partial charge in [-0.25, -0.2) is 0 Å². The van der Waals surface area contributed by atoms with E-state index in [1.54, 1.807) is 0 Å². The average Bonchev–Trinajstić information content (AvgIpc) is 3.23. The second kappa shape index (κ2) is 9.22. The van der Waals surface area contributed by atoms with Crippen LogP contribution in [0.25, 0.3) is 11.4 Å². The molecule has 0 aliphatic carbocycles. The molecule has 30 heavy (non-hydrogen) atoms. The van der Waals surface area contributed by atoms with Crippen LogP contribution in [0.3, 0.4) is 0 Å². The molecule has 0 radical (unpaired) electrons. The molecule has 1 amide bonds. The lowest BCUT2D eigenvalue weighted by Gasteiger charge is -2.30. The Hall–Kier alpha value is -2.99. The monoisotopic (exact) mass is 404 g/mol. The van der Waals surface area contributed by atoms with Gasteiger partial charge in [-0.05, 0) is 57.0 Å². The molecule has 0 atom stereocenters. The molecule has 0 saturated carbocycles. The van der Waals surface area contributed by atoms with Crippen molar-refractivity contribution in [1.82, 2.24) is 15.0 Å². The van der Waals surface area contributed by atoms with Crippen molar-refractivity contribution < 1.29 is 9.32 Å². The Bertz CT molecular complexity index is 971. The zero-order valence-corrected chi connectivity index (χ0v) is 17.6. The number of nitrogens with one attached hydrogen (secondary N) is 1. The highest BCUT2D eigenvalue weighted by molar-refractivity contribution is 5.92. The molecule has 156 valence electrons. The molecule has 2 aromatic carbocycles. The SMILES string of the molecule is CCc1ccc(NC(=O)C2CCN(Cc3nc(-c4ccc(C)cc4)no3)CC2)cc1. The maximum absolute atomic E-state index is 12.6. The average molecular weight is 405 g/mol. The summed E-state index contributed by atoms with van der Waals surface area (Å²) in [5.74, 6) is 1.38. The second-order valence-electron chi connectivity index (χ2n) is 7.97. The van der Waals surface area contributed by atoms with Crippen molar-refractivity contribution in [2.24, 2.45) is 5.92 Å². The highest BCUT2D eigenvalue weighted by Gasteiger charge is 2.26. The second-order valence-corrected chi connectivity index (χ2v) is 7.97. The molecule has 0 spiro atoms. The number of likely N-dealkylation sites (tertiary alicyclic amines) is 1. The number of hydrogen-bond acceptors (Lipinski definition) is 5. The molecule has 1 aliphatic rings. The Morgan fingerprint density at radius 1 is 1.10 bits per heavy atom. The standard InChI is InChI=1S/C24H28N4O2/c1-3-18-6-10-21(11-7-18)25-24(29)20-12-14-28(15-13-20)16-22-26-23(27-30-22)19-8-4-17(2)5-9-19/h4-11,20H,3,12-16H2,1-2H3,(H,25,29). The fourth-order valence-electron chi connectivity index (χ4n) is 3.75. The Labute approximate surface area is 177 Å². The van der Waals surface area contributed by atoms with Gasteiger partial charge in [-0.2, -0.15) is 4.98 Å². The first-order valence-corrected chi connectivity index (χ1v) is 10.6. The zero-order chi connectivity index (χ0) is 20.9. The first kappa shape index (κ1) is 20.3. The van der Waals surface area contributed by atoms with Crippen LogP contribution in [0.15, 0.2) is 53.1 Å². The van der Waals surface area contributed by atoms with E-state index in [4.69, 9.17) is 4.52 Å². The highest BCUT2D eigenvalue weighted by Crippen LogP contribution is 2.22. The van der Waals surface area contributed by atoms with Gasteiger partial charge in [0.1, 0.15) is 0 Å². The molecule has 6 heteroatoms. The fraction of sp³-hybridized carbons (Fsp3) is 0.375. The number of benzene rings is 2. The van der Waals surface area contributed by atoms with E-state index in [1.165, 1.54) is 11.1 Å². The van der Waals surface area contributed by atoms with E-state index in [0.29, 0.717) is 18.3 Å². The van der Waals surface area contributed by atoms with E-state index >= 15 is 0 Å². The normalized spacial score (nSPS) is 15.3. The number of carbonyl (C=O) groups is 1. The van der Waals surface area contributed by atoms with Gasteiger partial charge in [0.2, 0.25) is 17.6 Å². The fourth-order valence-corrected chi connectivity index (χ4v) is 3.75. The predicted octanol–water partition coefficient (Wildman–Crippen LogP) is 4.46. The van der Waals surface area contributed by atoms with E-state index in [0.717, 1.165) is 43.6 Å². The topological polar surface area (TPSA) is 71.3 Å². The minimum absolute atomic E-state index is 0.0397. The molecular formula is C24H28N4O2. The van der Waals surface area contributed by atoms with Crippen LogP contribution in [-0.2, 0) is 17.8 Å². The molecule has 1 N–H and O–H groups in total. The van der Waals surface area contributed by atoms with Crippen LogP contribution < -0.4 is 5.32 Å². The van der Waals surface area contributed by atoms with Crippen LogP contribution in [0.5, 0.6) is 0 Å². The van der Waals surface area contributed by atoms with Crippen molar-refractivity contribution in [3.8, 4) is 11.4 Å². The highest BCUT2D eigenvalue weighted by atomic mass is 16.5. The number of rotatable bonds is 6. The van der Waals surface area contributed by atoms with E-state index in [-0.39, 0.29) is 11.8 Å². The lowest BCUT2D eigenvalue weighted by atomic mass is 9.96. The Morgan fingerprint density at radius 3 is 2.47 bits per heavy atom. The number of aryl methyl sites for hydroxylation is 2. The maximum atomic E-state index is 12.6. The summed E-state index contributed by atoms with van der Waals surface area (Å²) in [6.07, 6.45) is 2.66. The van der Waals surface area contributed by atoms with Crippen molar-refractivity contribution >= 4 is 11.6 Å². The smallest absolute Gasteiger partial charge is 0.241 e. The number of amides is 1. The number of anilines is 1. The lowest BCUT2D eigenvalue weighted by molar-refractivity contribution is -0.121. The first-order valence-electron chi connectivity index (χ1n) is 10.6. The van der Waals surface area contributed by atoms with Gasteiger partial charge in [0.25, 0.3) is 0 Å². The van der Waals surface area contributed by atoms with Gasteiger partial charge in [0.05, 0.1) is 6.54 Å². The summed E-state index contributed by atoms with van der Waals surface area (Å²) < 4.78 is 5.44. The number of aromatic nitrogens is 2. The van der Waals surface area contributed by atoms with Crippen molar-refractivity contribution in [2.75, 3.05) is 18.4 Å². The summed E-state index contributed by atoms with van der Waals surface area (Å²) in [5, 5.41) is 7.16. The largest absolute Gasteiger partial charge is 0.338 e. The van der Waals surface area contributed by atoms with E-state index in [2.05, 4.69) is 46.3 Å². The summed E-state index contributed by atoms with van der Waals surface area (Å²) in [5.41, 5.74) is 4.30. The van der Waals surface area contributed by atoms with Crippen molar-refractivity contribution in [3.05, 3.63) is 65.5 Å². The van der Waals surface area contributed by atoms with Gasteiger partial charge in [-0.1, -0.05) is 54.0 Å². The molecule has 1 fully saturated rings. The molecule has 4 rings (SSSR count). The van der Waals surface area contributed by atoms with Crippen LogP contribution in [0.1, 0.15) is 36.8 Å². The molecule has 1 aliphatic heterocycles. The van der Waals surface area contributed by atoms with Crippen LogP contribution in [0, 0.1) is 12.8 Å². The van der Waals surface area contributed by atoms with Crippen LogP contribution in [0.2, 0.25) is 0 Å². The van der Waals surface area contributed by atoms with E-state index in [1.807, 2.05) is 36.4 Å². The van der Waals surface area contributed by atoms with Gasteiger partial charge >= 0.3 is 0 Å². The molecule has 2 heterocycles. The number of nitrogens with zero attached hydrogens (tertiary/aromatic N) is 3. The quantitative estimate of drug-likeness (QED) is 0.657. The lowest BCUT2D eigenvalue weighted by Crippen LogP contribution is -2.37. The van der Waals surface area contributed by atoms with Crippen molar-refractivity contribution in [3.63, 3.8) is 0 Å². The Balaban J connectivity index is 1.27. The summed E-state index contributed by atoms with van der Waals surface area (Å²) >= 11 is 0. The third-order valence-corrected chi connectivity index (χ3v) is 5.72. The van der Waals surface area contributed by atoms with Gasteiger partial charge in [0.15, 0.2) is 0 Å². The Kier molecular flexibility index (Phi) is 6.23. The summed E-state index contributed by atoms with van der Waals surface area (Å²) in [6, 6.07) is 16.2.